The molecular formula is C10H12ClN3O2. The van der Waals surface area contributed by atoms with Gasteiger partial charge in [0.15, 0.2) is 0 Å². The van der Waals surface area contributed by atoms with Crippen molar-refractivity contribution in [3.05, 3.63) is 28.8 Å². The normalized spacial score (nSPS) is 9.88. The Balaban J connectivity index is 2.90. The summed E-state index contributed by atoms with van der Waals surface area (Å²) in [5, 5.41) is 5.62. The number of nitrogens with two attached hydrogens (primary N) is 1. The molecule has 0 fully saturated rings. The van der Waals surface area contributed by atoms with Crippen LogP contribution in [0.5, 0.6) is 0 Å². The van der Waals surface area contributed by atoms with E-state index >= 15 is 0 Å². The van der Waals surface area contributed by atoms with Gasteiger partial charge in [0.05, 0.1) is 17.3 Å². The van der Waals surface area contributed by atoms with Crippen LogP contribution in [-0.2, 0) is 4.79 Å². The number of nitrogens with one attached hydrogen (secondary N) is 2. The largest absolute Gasteiger partial charge is 0.366 e. The Morgan fingerprint density at radius 1 is 1.44 bits per heavy atom. The molecule has 5 nitrogen and oxygen atoms in total. The fourth-order valence-corrected chi connectivity index (χ4v) is 1.29. The zero-order valence-electron chi connectivity index (χ0n) is 8.71. The predicted molar refractivity (Wildman–Crippen MR) is 62.5 cm³/mol. The van der Waals surface area contributed by atoms with Crippen LogP contribution < -0.4 is 16.4 Å². The average molecular weight is 242 g/mol. The van der Waals surface area contributed by atoms with Gasteiger partial charge in [-0.2, -0.15) is 0 Å². The number of rotatable bonds is 4. The maximum atomic E-state index is 11.3. The van der Waals surface area contributed by atoms with Crippen molar-refractivity contribution in [1.82, 2.24) is 5.32 Å². The topological polar surface area (TPSA) is 84.2 Å². The van der Waals surface area contributed by atoms with Gasteiger partial charge in [0.1, 0.15) is 0 Å². The third kappa shape index (κ3) is 3.22. The predicted octanol–water partition coefficient (Wildman–Crippen LogP) is 0.597. The number of carbonyl (C=O) groups is 2. The van der Waals surface area contributed by atoms with Gasteiger partial charge < -0.3 is 16.4 Å². The van der Waals surface area contributed by atoms with Crippen molar-refractivity contribution in [2.24, 2.45) is 5.73 Å². The molecule has 0 unspecified atom stereocenters. The zero-order valence-corrected chi connectivity index (χ0v) is 9.47. The van der Waals surface area contributed by atoms with Gasteiger partial charge in [-0.15, -0.1) is 0 Å². The summed E-state index contributed by atoms with van der Waals surface area (Å²) < 4.78 is 0. The highest BCUT2D eigenvalue weighted by Crippen LogP contribution is 2.22. The molecule has 0 aliphatic heterocycles. The number of likely N-dealkylation sites (N-methyl/N-ethyl adjacent to an activating group) is 1. The summed E-state index contributed by atoms with van der Waals surface area (Å²) in [5.41, 5.74) is 5.78. The Bertz CT molecular complexity index is 421. The number of carbonyl (C=O) groups excluding carboxylic acids is 2. The second kappa shape index (κ2) is 5.48. The molecule has 6 heteroatoms. The van der Waals surface area contributed by atoms with E-state index in [4.69, 9.17) is 17.3 Å². The SMILES string of the molecule is CNCC(=O)Nc1cc(C(N)=O)ccc1Cl. The lowest BCUT2D eigenvalue weighted by Crippen LogP contribution is -2.25. The van der Waals surface area contributed by atoms with Crippen molar-refractivity contribution in [2.45, 2.75) is 0 Å². The summed E-state index contributed by atoms with van der Waals surface area (Å²) >= 11 is 5.86. The molecule has 0 saturated carbocycles. The Kier molecular flexibility index (Phi) is 4.28. The zero-order chi connectivity index (χ0) is 12.1. The first-order valence-corrected chi connectivity index (χ1v) is 4.96. The second-order valence-corrected chi connectivity index (χ2v) is 3.54. The first-order chi connectivity index (χ1) is 7.54. The molecule has 1 rings (SSSR count). The summed E-state index contributed by atoms with van der Waals surface area (Å²) in [5.74, 6) is -0.813. The molecule has 1 aromatic rings. The Labute approximate surface area is 98.0 Å². The van der Waals surface area contributed by atoms with Gasteiger partial charge in [-0.05, 0) is 25.2 Å². The lowest BCUT2D eigenvalue weighted by molar-refractivity contribution is -0.115. The van der Waals surface area contributed by atoms with Gasteiger partial charge in [0, 0.05) is 5.56 Å². The van der Waals surface area contributed by atoms with Crippen LogP contribution in [0.3, 0.4) is 0 Å². The van der Waals surface area contributed by atoms with Gasteiger partial charge in [0.25, 0.3) is 0 Å². The highest BCUT2D eigenvalue weighted by Gasteiger charge is 2.08. The molecule has 2 amide bonds. The maximum Gasteiger partial charge on any atom is 0.248 e. The third-order valence-corrected chi connectivity index (χ3v) is 2.19. The van der Waals surface area contributed by atoms with E-state index in [0.29, 0.717) is 16.3 Å². The maximum absolute atomic E-state index is 11.3. The molecule has 0 aliphatic rings. The molecule has 0 spiro atoms. The lowest BCUT2D eigenvalue weighted by Gasteiger charge is -2.07. The summed E-state index contributed by atoms with van der Waals surface area (Å²) in [6, 6.07) is 4.45. The average Bonchev–Trinajstić information content (AvgIpc) is 2.21. The number of halogens is 1. The van der Waals surface area contributed by atoms with E-state index in [-0.39, 0.29) is 12.5 Å². The number of hydrogen-bond acceptors (Lipinski definition) is 3. The first kappa shape index (κ1) is 12.5. The van der Waals surface area contributed by atoms with Gasteiger partial charge >= 0.3 is 0 Å². The van der Waals surface area contributed by atoms with Gasteiger partial charge in [-0.3, -0.25) is 9.59 Å². The summed E-state index contributed by atoms with van der Waals surface area (Å²) in [4.78, 5) is 22.2. The molecule has 4 N–H and O–H groups in total. The molecule has 0 aliphatic carbocycles. The molecule has 0 bridgehead atoms. The Morgan fingerprint density at radius 3 is 2.69 bits per heavy atom. The van der Waals surface area contributed by atoms with Crippen LogP contribution in [0.4, 0.5) is 5.69 Å². The van der Waals surface area contributed by atoms with E-state index in [2.05, 4.69) is 10.6 Å². The van der Waals surface area contributed by atoms with Crippen molar-refractivity contribution in [1.29, 1.82) is 0 Å². The molecule has 0 saturated heterocycles. The van der Waals surface area contributed by atoms with Crippen LogP contribution in [-0.4, -0.2) is 25.4 Å². The fourth-order valence-electron chi connectivity index (χ4n) is 1.13. The van der Waals surface area contributed by atoms with E-state index in [1.54, 1.807) is 7.05 Å². The minimum atomic E-state index is -0.569. The molecular weight excluding hydrogens is 230 g/mol. The molecule has 16 heavy (non-hydrogen) atoms. The Morgan fingerprint density at radius 2 is 2.12 bits per heavy atom. The molecule has 0 atom stereocenters. The third-order valence-electron chi connectivity index (χ3n) is 1.86. The standard InChI is InChI=1S/C10H12ClN3O2/c1-13-5-9(15)14-8-4-6(10(12)16)2-3-7(8)11/h2-4,13H,5H2,1H3,(H2,12,16)(H,14,15). The quantitative estimate of drug-likeness (QED) is 0.722. The first-order valence-electron chi connectivity index (χ1n) is 4.58. The highest BCUT2D eigenvalue weighted by molar-refractivity contribution is 6.33. The van der Waals surface area contributed by atoms with E-state index in [0.717, 1.165) is 0 Å². The monoisotopic (exact) mass is 241 g/mol. The molecule has 86 valence electrons. The van der Waals surface area contributed by atoms with Crippen LogP contribution in [0.25, 0.3) is 0 Å². The van der Waals surface area contributed by atoms with E-state index in [1.165, 1.54) is 18.2 Å². The molecule has 0 radical (unpaired) electrons. The fraction of sp³-hybridized carbons (Fsp3) is 0.200. The van der Waals surface area contributed by atoms with Crippen LogP contribution in [0.2, 0.25) is 5.02 Å². The summed E-state index contributed by atoms with van der Waals surface area (Å²) in [6.45, 7) is 0.164. The van der Waals surface area contributed by atoms with Crippen LogP contribution in [0, 0.1) is 0 Å². The van der Waals surface area contributed by atoms with Crippen LogP contribution in [0.1, 0.15) is 10.4 Å². The number of benzene rings is 1. The van der Waals surface area contributed by atoms with Crippen molar-refractivity contribution < 1.29 is 9.59 Å². The van der Waals surface area contributed by atoms with Crippen LogP contribution in [0.15, 0.2) is 18.2 Å². The number of primary amides is 1. The summed E-state index contributed by atoms with van der Waals surface area (Å²) in [7, 11) is 1.65. The van der Waals surface area contributed by atoms with E-state index in [1.807, 2.05) is 0 Å². The van der Waals surface area contributed by atoms with Crippen molar-refractivity contribution >= 4 is 29.1 Å². The molecule has 0 aromatic heterocycles. The molecule has 0 heterocycles. The van der Waals surface area contributed by atoms with Gasteiger partial charge in [-0.1, -0.05) is 11.6 Å². The minimum absolute atomic E-state index is 0.164. The van der Waals surface area contributed by atoms with Crippen molar-refractivity contribution in [3.63, 3.8) is 0 Å². The second-order valence-electron chi connectivity index (χ2n) is 3.14. The van der Waals surface area contributed by atoms with Crippen molar-refractivity contribution in [3.8, 4) is 0 Å². The van der Waals surface area contributed by atoms with Gasteiger partial charge in [0.2, 0.25) is 11.8 Å². The number of anilines is 1. The van der Waals surface area contributed by atoms with Crippen LogP contribution >= 0.6 is 11.6 Å². The molecule has 1 aromatic carbocycles. The van der Waals surface area contributed by atoms with E-state index < -0.39 is 5.91 Å². The van der Waals surface area contributed by atoms with Crippen molar-refractivity contribution in [2.75, 3.05) is 18.9 Å². The highest BCUT2D eigenvalue weighted by atomic mass is 35.5. The number of hydrogen-bond donors (Lipinski definition) is 3. The smallest absolute Gasteiger partial charge is 0.248 e. The van der Waals surface area contributed by atoms with E-state index in [9.17, 15) is 9.59 Å². The summed E-state index contributed by atoms with van der Waals surface area (Å²) in [6.07, 6.45) is 0. The number of amides is 2. The Hall–Kier alpha value is -1.59. The lowest BCUT2D eigenvalue weighted by atomic mass is 10.2. The van der Waals surface area contributed by atoms with Gasteiger partial charge in [-0.25, -0.2) is 0 Å². The minimum Gasteiger partial charge on any atom is -0.366 e.